The third kappa shape index (κ3) is 4.88. The van der Waals surface area contributed by atoms with Crippen LogP contribution >= 0.6 is 0 Å². The smallest absolute Gasteiger partial charge is 0.317 e. The van der Waals surface area contributed by atoms with E-state index in [1.807, 2.05) is 11.8 Å². The first-order valence-corrected chi connectivity index (χ1v) is 7.95. The van der Waals surface area contributed by atoms with E-state index in [1.54, 1.807) is 0 Å². The van der Waals surface area contributed by atoms with Crippen molar-refractivity contribution in [2.45, 2.75) is 57.6 Å². The van der Waals surface area contributed by atoms with Gasteiger partial charge in [0.1, 0.15) is 0 Å². The van der Waals surface area contributed by atoms with Gasteiger partial charge in [0.05, 0.1) is 12.1 Å². The normalized spacial score (nSPS) is 24.8. The molecule has 2 fully saturated rings. The van der Waals surface area contributed by atoms with E-state index in [1.165, 1.54) is 0 Å². The summed E-state index contributed by atoms with van der Waals surface area (Å²) in [5.74, 6) is -0.304. The van der Waals surface area contributed by atoms with E-state index in [0.717, 1.165) is 38.7 Å². The van der Waals surface area contributed by atoms with Crippen LogP contribution in [0.1, 0.15) is 45.4 Å². The van der Waals surface area contributed by atoms with Crippen molar-refractivity contribution in [3.05, 3.63) is 0 Å². The van der Waals surface area contributed by atoms with Crippen molar-refractivity contribution in [2.24, 2.45) is 5.92 Å². The highest BCUT2D eigenvalue weighted by Crippen LogP contribution is 2.22. The number of aliphatic carboxylic acids is 1. The molecule has 0 bridgehead atoms. The second-order valence-corrected chi connectivity index (χ2v) is 6.15. The van der Waals surface area contributed by atoms with Crippen molar-refractivity contribution < 1.29 is 19.4 Å². The van der Waals surface area contributed by atoms with E-state index in [-0.39, 0.29) is 24.6 Å². The summed E-state index contributed by atoms with van der Waals surface area (Å²) < 4.78 is 5.59. The zero-order valence-electron chi connectivity index (χ0n) is 12.7. The van der Waals surface area contributed by atoms with E-state index in [4.69, 9.17) is 9.84 Å². The molecule has 2 amide bonds. The monoisotopic (exact) mass is 298 g/mol. The first-order valence-electron chi connectivity index (χ1n) is 7.95. The summed E-state index contributed by atoms with van der Waals surface area (Å²) in [5, 5.41) is 11.7. The van der Waals surface area contributed by atoms with Crippen LogP contribution in [0.2, 0.25) is 0 Å². The molecular weight excluding hydrogens is 272 g/mol. The molecule has 2 atom stereocenters. The number of carbonyl (C=O) groups excluding carboxylic acids is 1. The predicted octanol–water partition coefficient (Wildman–Crippen LogP) is 1.84. The Morgan fingerprint density at radius 3 is 2.62 bits per heavy atom. The molecular formula is C15H26N2O4. The first-order chi connectivity index (χ1) is 10.1. The van der Waals surface area contributed by atoms with Gasteiger partial charge in [-0.3, -0.25) is 4.79 Å². The van der Waals surface area contributed by atoms with Crippen LogP contribution in [0.5, 0.6) is 0 Å². The minimum Gasteiger partial charge on any atom is -0.481 e. The van der Waals surface area contributed by atoms with Gasteiger partial charge in [-0.15, -0.1) is 0 Å². The quantitative estimate of drug-likeness (QED) is 0.811. The third-order valence-electron chi connectivity index (χ3n) is 4.54. The number of likely N-dealkylation sites (tertiary alicyclic amines) is 1. The number of piperidine rings is 1. The fourth-order valence-electron chi connectivity index (χ4n) is 3.13. The molecule has 0 aromatic carbocycles. The maximum atomic E-state index is 12.2. The molecule has 120 valence electrons. The van der Waals surface area contributed by atoms with Crippen LogP contribution in [0.4, 0.5) is 4.79 Å². The average molecular weight is 298 g/mol. The second-order valence-electron chi connectivity index (χ2n) is 6.15. The summed E-state index contributed by atoms with van der Waals surface area (Å²) >= 11 is 0. The van der Waals surface area contributed by atoms with Crippen LogP contribution in [0.3, 0.4) is 0 Å². The maximum Gasteiger partial charge on any atom is 0.317 e. The number of amides is 2. The van der Waals surface area contributed by atoms with Crippen molar-refractivity contribution >= 4 is 12.0 Å². The number of urea groups is 1. The van der Waals surface area contributed by atoms with Crippen molar-refractivity contribution in [3.8, 4) is 0 Å². The molecule has 0 saturated carbocycles. The molecule has 0 aromatic heterocycles. The number of hydrogen-bond acceptors (Lipinski definition) is 3. The average Bonchev–Trinajstić information content (AvgIpc) is 3.00. The highest BCUT2D eigenvalue weighted by Gasteiger charge is 2.27. The van der Waals surface area contributed by atoms with Gasteiger partial charge >= 0.3 is 12.0 Å². The number of carboxylic acid groups (broad SMARTS) is 1. The molecule has 0 spiro atoms. The van der Waals surface area contributed by atoms with Crippen molar-refractivity contribution in [1.82, 2.24) is 10.2 Å². The summed E-state index contributed by atoms with van der Waals surface area (Å²) in [6, 6.07) is 0.0272. The summed E-state index contributed by atoms with van der Waals surface area (Å²) in [5.41, 5.74) is 0. The Balaban J connectivity index is 1.68. The molecule has 6 nitrogen and oxygen atoms in total. The van der Waals surface area contributed by atoms with Gasteiger partial charge < -0.3 is 20.1 Å². The SMILES string of the molecule is CC(NC(=O)N1CCC(CCC(=O)O)CC1)C1CCCO1. The van der Waals surface area contributed by atoms with Crippen LogP contribution in [0.25, 0.3) is 0 Å². The molecule has 0 aromatic rings. The van der Waals surface area contributed by atoms with Crippen LogP contribution in [-0.4, -0.2) is 53.8 Å². The number of nitrogens with one attached hydrogen (secondary N) is 1. The Morgan fingerprint density at radius 2 is 2.05 bits per heavy atom. The molecule has 21 heavy (non-hydrogen) atoms. The van der Waals surface area contributed by atoms with E-state index in [2.05, 4.69) is 5.32 Å². The van der Waals surface area contributed by atoms with Crippen LogP contribution < -0.4 is 5.32 Å². The lowest BCUT2D eigenvalue weighted by Gasteiger charge is -2.33. The number of hydrogen-bond donors (Lipinski definition) is 2. The molecule has 2 aliphatic rings. The Hall–Kier alpha value is -1.30. The zero-order valence-corrected chi connectivity index (χ0v) is 12.7. The number of rotatable bonds is 5. The van der Waals surface area contributed by atoms with E-state index in [9.17, 15) is 9.59 Å². The Bertz CT molecular complexity index is 361. The Kier molecular flexibility index (Phi) is 5.85. The lowest BCUT2D eigenvalue weighted by Crippen LogP contribution is -2.50. The first kappa shape index (κ1) is 16.1. The lowest BCUT2D eigenvalue weighted by molar-refractivity contribution is -0.137. The summed E-state index contributed by atoms with van der Waals surface area (Å²) in [6.45, 7) is 4.22. The molecule has 2 saturated heterocycles. The molecule has 2 unspecified atom stereocenters. The van der Waals surface area contributed by atoms with E-state index < -0.39 is 5.97 Å². The number of carbonyl (C=O) groups is 2. The second kappa shape index (κ2) is 7.64. The summed E-state index contributed by atoms with van der Waals surface area (Å²) in [7, 11) is 0. The largest absolute Gasteiger partial charge is 0.481 e. The zero-order chi connectivity index (χ0) is 15.2. The van der Waals surface area contributed by atoms with Crippen molar-refractivity contribution in [1.29, 1.82) is 0 Å². The topological polar surface area (TPSA) is 78.9 Å². The number of ether oxygens (including phenoxy) is 1. The van der Waals surface area contributed by atoms with Crippen molar-refractivity contribution in [3.63, 3.8) is 0 Å². The highest BCUT2D eigenvalue weighted by atomic mass is 16.5. The van der Waals surface area contributed by atoms with Gasteiger partial charge in [0.2, 0.25) is 0 Å². The molecule has 0 radical (unpaired) electrons. The molecule has 2 rings (SSSR count). The van der Waals surface area contributed by atoms with Gasteiger partial charge in [-0.05, 0) is 44.9 Å². The highest BCUT2D eigenvalue weighted by molar-refractivity contribution is 5.74. The lowest BCUT2D eigenvalue weighted by atomic mass is 9.92. The Labute approximate surface area is 125 Å². The molecule has 6 heteroatoms. The van der Waals surface area contributed by atoms with E-state index in [0.29, 0.717) is 19.0 Å². The molecule has 2 heterocycles. The molecule has 0 aliphatic carbocycles. The molecule has 2 N–H and O–H groups in total. The molecule has 2 aliphatic heterocycles. The van der Waals surface area contributed by atoms with Gasteiger partial charge in [-0.2, -0.15) is 0 Å². The minimum absolute atomic E-state index is 0.0188. The predicted molar refractivity (Wildman–Crippen MR) is 78.1 cm³/mol. The van der Waals surface area contributed by atoms with Gasteiger partial charge in [0.15, 0.2) is 0 Å². The van der Waals surface area contributed by atoms with Crippen LogP contribution in [0, 0.1) is 5.92 Å². The van der Waals surface area contributed by atoms with Gasteiger partial charge in [-0.25, -0.2) is 4.79 Å². The van der Waals surface area contributed by atoms with Gasteiger partial charge in [-0.1, -0.05) is 0 Å². The summed E-state index contributed by atoms with van der Waals surface area (Å²) in [4.78, 5) is 24.6. The van der Waals surface area contributed by atoms with Crippen LogP contribution in [-0.2, 0) is 9.53 Å². The number of nitrogens with zero attached hydrogens (tertiary/aromatic N) is 1. The van der Waals surface area contributed by atoms with Gasteiger partial charge in [0, 0.05) is 26.1 Å². The number of carboxylic acids is 1. The maximum absolute atomic E-state index is 12.2. The third-order valence-corrected chi connectivity index (χ3v) is 4.54. The van der Waals surface area contributed by atoms with Crippen LogP contribution in [0.15, 0.2) is 0 Å². The van der Waals surface area contributed by atoms with E-state index >= 15 is 0 Å². The fraction of sp³-hybridized carbons (Fsp3) is 0.867. The van der Waals surface area contributed by atoms with Gasteiger partial charge in [0.25, 0.3) is 0 Å². The van der Waals surface area contributed by atoms with Crippen molar-refractivity contribution in [2.75, 3.05) is 19.7 Å². The summed E-state index contributed by atoms with van der Waals surface area (Å²) in [6.07, 6.45) is 4.97. The standard InChI is InChI=1S/C15H26N2O4/c1-11(13-3-2-10-21-13)16-15(20)17-8-6-12(7-9-17)4-5-14(18)19/h11-13H,2-10H2,1H3,(H,16,20)(H,18,19). The Morgan fingerprint density at radius 1 is 1.33 bits per heavy atom. The minimum atomic E-state index is -0.736. The fourth-order valence-corrected chi connectivity index (χ4v) is 3.13.